The lowest BCUT2D eigenvalue weighted by Gasteiger charge is -2.07. The van der Waals surface area contributed by atoms with Gasteiger partial charge in [-0.05, 0) is 30.9 Å². The van der Waals surface area contributed by atoms with Gasteiger partial charge in [-0.3, -0.25) is 9.59 Å². The number of carbonyl (C=O) groups is 2. The fourth-order valence-corrected chi connectivity index (χ4v) is 3.01. The Hall–Kier alpha value is -2.35. The fourth-order valence-electron chi connectivity index (χ4n) is 2.10. The van der Waals surface area contributed by atoms with E-state index in [2.05, 4.69) is 15.5 Å². The lowest BCUT2D eigenvalue weighted by atomic mass is 10.2. The van der Waals surface area contributed by atoms with Gasteiger partial charge >= 0.3 is 5.97 Å². The molecule has 126 valence electrons. The molecule has 0 aromatic heterocycles. The van der Waals surface area contributed by atoms with E-state index in [1.54, 1.807) is 6.21 Å². The zero-order chi connectivity index (χ0) is 16.9. The van der Waals surface area contributed by atoms with Crippen LogP contribution >= 0.6 is 11.8 Å². The molecule has 2 N–H and O–H groups in total. The number of thioether (sulfide) groups is 1. The number of aliphatic carboxylic acids is 1. The summed E-state index contributed by atoms with van der Waals surface area (Å²) >= 11 is 1.07. The second kappa shape index (κ2) is 7.48. The molecule has 1 heterocycles. The van der Waals surface area contributed by atoms with Crippen molar-refractivity contribution >= 4 is 35.0 Å². The number of para-hydroxylation sites is 1. The Balaban J connectivity index is 1.61. The maximum Gasteiger partial charge on any atom is 0.305 e. The molecular weight excluding hydrogens is 330 g/mol. The van der Waals surface area contributed by atoms with Gasteiger partial charge in [-0.2, -0.15) is 5.10 Å². The third-order valence-corrected chi connectivity index (χ3v) is 4.64. The Morgan fingerprint density at radius 3 is 2.96 bits per heavy atom. The predicted molar refractivity (Wildman–Crippen MR) is 91.5 cm³/mol. The second-order valence-corrected chi connectivity index (χ2v) is 6.83. The lowest BCUT2D eigenvalue weighted by Crippen LogP contribution is -2.26. The first-order valence-corrected chi connectivity index (χ1v) is 8.52. The first kappa shape index (κ1) is 16.5. The Morgan fingerprint density at radius 1 is 1.42 bits per heavy atom. The molecule has 1 aliphatic carbocycles. The van der Waals surface area contributed by atoms with E-state index in [1.165, 1.54) is 12.8 Å². The normalized spacial score (nSPS) is 22.1. The molecule has 24 heavy (non-hydrogen) atoms. The molecule has 3 rings (SSSR count). The van der Waals surface area contributed by atoms with E-state index in [0.717, 1.165) is 23.1 Å². The van der Waals surface area contributed by atoms with Crippen molar-refractivity contribution in [3.63, 3.8) is 0 Å². The summed E-state index contributed by atoms with van der Waals surface area (Å²) in [6, 6.07) is 7.54. The molecule has 1 saturated heterocycles. The molecule has 1 atom stereocenters. The van der Waals surface area contributed by atoms with E-state index < -0.39 is 11.2 Å². The summed E-state index contributed by atoms with van der Waals surface area (Å²) in [5.74, 6) is 0.0328. The maximum absolute atomic E-state index is 11.6. The predicted octanol–water partition coefficient (Wildman–Crippen LogP) is 1.87. The summed E-state index contributed by atoms with van der Waals surface area (Å²) in [5.41, 5.74) is 0.805. The molecule has 1 unspecified atom stereocenters. The molecule has 1 saturated carbocycles. The molecule has 0 radical (unpaired) electrons. The van der Waals surface area contributed by atoms with Gasteiger partial charge in [0, 0.05) is 5.56 Å². The zero-order valence-electron chi connectivity index (χ0n) is 12.8. The van der Waals surface area contributed by atoms with Crippen molar-refractivity contribution in [2.75, 3.05) is 6.61 Å². The summed E-state index contributed by atoms with van der Waals surface area (Å²) in [6.45, 7) is 0.710. The van der Waals surface area contributed by atoms with Crippen LogP contribution in [-0.4, -0.2) is 40.2 Å². The van der Waals surface area contributed by atoms with E-state index in [0.29, 0.717) is 17.7 Å². The number of nitrogens with one attached hydrogen (secondary N) is 1. The van der Waals surface area contributed by atoms with Crippen molar-refractivity contribution in [1.29, 1.82) is 0 Å². The summed E-state index contributed by atoms with van der Waals surface area (Å²) in [5, 5.41) is 18.8. The van der Waals surface area contributed by atoms with Gasteiger partial charge in [0.2, 0.25) is 5.91 Å². The number of nitrogens with zero attached hydrogens (tertiary/aromatic N) is 2. The summed E-state index contributed by atoms with van der Waals surface area (Å²) in [6.07, 6.45) is 3.76. The number of ether oxygens (including phenoxy) is 1. The molecule has 2 fully saturated rings. The van der Waals surface area contributed by atoms with Crippen molar-refractivity contribution in [1.82, 2.24) is 5.32 Å². The average Bonchev–Trinajstić information content (AvgIpc) is 3.31. The molecule has 1 aliphatic heterocycles. The van der Waals surface area contributed by atoms with Crippen LogP contribution in [0.4, 0.5) is 0 Å². The van der Waals surface area contributed by atoms with Gasteiger partial charge in [-0.1, -0.05) is 23.9 Å². The Labute approximate surface area is 143 Å². The number of carboxylic acid groups (broad SMARTS) is 1. The highest BCUT2D eigenvalue weighted by Crippen LogP contribution is 2.30. The number of rotatable bonds is 7. The lowest BCUT2D eigenvalue weighted by molar-refractivity contribution is -0.138. The van der Waals surface area contributed by atoms with Gasteiger partial charge in [-0.15, -0.1) is 5.10 Å². The van der Waals surface area contributed by atoms with Gasteiger partial charge in [0.25, 0.3) is 0 Å². The van der Waals surface area contributed by atoms with Crippen LogP contribution in [0.5, 0.6) is 5.75 Å². The van der Waals surface area contributed by atoms with Gasteiger partial charge in [0.05, 0.1) is 19.2 Å². The molecule has 1 amide bonds. The molecule has 0 bridgehead atoms. The van der Waals surface area contributed by atoms with Gasteiger partial charge < -0.3 is 15.2 Å². The number of hydrogen-bond donors (Lipinski definition) is 2. The average molecular weight is 347 g/mol. The molecule has 7 nitrogen and oxygen atoms in total. The third kappa shape index (κ3) is 4.58. The van der Waals surface area contributed by atoms with Gasteiger partial charge in [-0.25, -0.2) is 0 Å². The molecular formula is C16H17N3O4S. The SMILES string of the molecule is O=C(O)CC1SC(=NN=Cc2ccccc2OCC2CC2)NC1=O. The van der Waals surface area contributed by atoms with Crippen LogP contribution in [0.15, 0.2) is 34.5 Å². The van der Waals surface area contributed by atoms with E-state index >= 15 is 0 Å². The Bertz CT molecular complexity index is 700. The summed E-state index contributed by atoms with van der Waals surface area (Å²) in [4.78, 5) is 22.3. The minimum absolute atomic E-state index is 0.239. The molecule has 8 heteroatoms. The standard InChI is InChI=1S/C16H17N3O4S/c20-14(21)7-13-15(22)18-16(24-13)19-17-8-11-3-1-2-4-12(11)23-9-10-5-6-10/h1-4,8,10,13H,5-7,9H2,(H,20,21)(H,18,19,22). The molecule has 1 aromatic carbocycles. The fraction of sp³-hybridized carbons (Fsp3) is 0.375. The highest BCUT2D eigenvalue weighted by Gasteiger charge is 2.32. The quantitative estimate of drug-likeness (QED) is 0.579. The zero-order valence-corrected chi connectivity index (χ0v) is 13.7. The largest absolute Gasteiger partial charge is 0.493 e. The van der Waals surface area contributed by atoms with Gasteiger partial charge in [0.1, 0.15) is 11.0 Å². The number of hydrogen-bond acceptors (Lipinski definition) is 6. The topological polar surface area (TPSA) is 100 Å². The Kier molecular flexibility index (Phi) is 5.14. The minimum atomic E-state index is -1.02. The smallest absolute Gasteiger partial charge is 0.305 e. The number of carbonyl (C=O) groups excluding carboxylic acids is 1. The second-order valence-electron chi connectivity index (χ2n) is 5.64. The maximum atomic E-state index is 11.6. The van der Waals surface area contributed by atoms with Crippen LogP contribution in [0.2, 0.25) is 0 Å². The van der Waals surface area contributed by atoms with Crippen LogP contribution in [0.1, 0.15) is 24.8 Å². The van der Waals surface area contributed by atoms with Crippen LogP contribution in [0.3, 0.4) is 0 Å². The van der Waals surface area contributed by atoms with Crippen molar-refractivity contribution in [2.24, 2.45) is 16.1 Å². The third-order valence-electron chi connectivity index (χ3n) is 3.57. The van der Waals surface area contributed by atoms with Crippen LogP contribution in [0, 0.1) is 5.92 Å². The minimum Gasteiger partial charge on any atom is -0.493 e. The van der Waals surface area contributed by atoms with E-state index in [9.17, 15) is 9.59 Å². The van der Waals surface area contributed by atoms with Crippen LogP contribution < -0.4 is 10.1 Å². The number of amidine groups is 1. The van der Waals surface area contributed by atoms with Crippen molar-refractivity contribution in [2.45, 2.75) is 24.5 Å². The number of benzene rings is 1. The molecule has 2 aliphatic rings. The van der Waals surface area contributed by atoms with Crippen LogP contribution in [-0.2, 0) is 9.59 Å². The van der Waals surface area contributed by atoms with E-state index in [-0.39, 0.29) is 12.3 Å². The highest BCUT2D eigenvalue weighted by molar-refractivity contribution is 8.15. The first-order chi connectivity index (χ1) is 11.6. The van der Waals surface area contributed by atoms with Gasteiger partial charge in [0.15, 0.2) is 5.17 Å². The number of amides is 1. The highest BCUT2D eigenvalue weighted by atomic mass is 32.2. The monoisotopic (exact) mass is 347 g/mol. The van der Waals surface area contributed by atoms with E-state index in [1.807, 2.05) is 24.3 Å². The van der Waals surface area contributed by atoms with E-state index in [4.69, 9.17) is 9.84 Å². The van der Waals surface area contributed by atoms with Crippen LogP contribution in [0.25, 0.3) is 0 Å². The number of carboxylic acids is 1. The molecule has 1 aromatic rings. The van der Waals surface area contributed by atoms with Crippen molar-refractivity contribution in [3.05, 3.63) is 29.8 Å². The van der Waals surface area contributed by atoms with Crippen molar-refractivity contribution in [3.8, 4) is 5.75 Å². The summed E-state index contributed by atoms with van der Waals surface area (Å²) in [7, 11) is 0. The molecule has 0 spiro atoms. The first-order valence-electron chi connectivity index (χ1n) is 7.64. The Morgan fingerprint density at radius 2 is 2.21 bits per heavy atom. The summed E-state index contributed by atoms with van der Waals surface area (Å²) < 4.78 is 5.78. The van der Waals surface area contributed by atoms with Crippen molar-refractivity contribution < 1.29 is 19.4 Å².